The molecule has 0 bridgehead atoms. The zero-order chi connectivity index (χ0) is 23.3. The Morgan fingerprint density at radius 2 is 1.91 bits per heavy atom. The Morgan fingerprint density at radius 1 is 1.22 bits per heavy atom. The van der Waals surface area contributed by atoms with E-state index >= 15 is 0 Å². The van der Waals surface area contributed by atoms with Crippen molar-refractivity contribution in [2.45, 2.75) is 17.1 Å². The van der Waals surface area contributed by atoms with E-state index in [9.17, 15) is 31.5 Å². The molecule has 0 saturated carbocycles. The van der Waals surface area contributed by atoms with Crippen LogP contribution in [0.5, 0.6) is 0 Å². The summed E-state index contributed by atoms with van der Waals surface area (Å²) in [5.41, 5.74) is -0.536. The number of hydrogen-bond acceptors (Lipinski definition) is 8. The van der Waals surface area contributed by atoms with Crippen molar-refractivity contribution in [3.8, 4) is 0 Å². The minimum Gasteiger partial charge on any atom is -0.480 e. The van der Waals surface area contributed by atoms with Crippen molar-refractivity contribution in [2.24, 2.45) is 0 Å². The second-order valence-corrected chi connectivity index (χ2v) is 10.0. The highest BCUT2D eigenvalue weighted by atomic mass is 35.5. The van der Waals surface area contributed by atoms with Crippen molar-refractivity contribution in [3.63, 3.8) is 0 Å². The van der Waals surface area contributed by atoms with Gasteiger partial charge in [-0.25, -0.2) is 13.4 Å². The van der Waals surface area contributed by atoms with Crippen LogP contribution in [0.15, 0.2) is 35.4 Å². The molecule has 1 saturated heterocycles. The Labute approximate surface area is 188 Å². The molecule has 32 heavy (non-hydrogen) atoms. The highest BCUT2D eigenvalue weighted by Gasteiger charge is 2.41. The molecular weight excluding hydrogens is 495 g/mol. The minimum atomic E-state index is -4.62. The molecular formula is C17H13ClF3N5O4S2. The van der Waals surface area contributed by atoms with Gasteiger partial charge in [-0.15, -0.1) is 5.10 Å². The summed E-state index contributed by atoms with van der Waals surface area (Å²) in [7, 11) is -4.36. The summed E-state index contributed by atoms with van der Waals surface area (Å²) in [6.07, 6.45) is -3.22. The fourth-order valence-corrected chi connectivity index (χ4v) is 6.02. The van der Waals surface area contributed by atoms with Crippen LogP contribution < -0.4 is 4.90 Å². The molecule has 0 radical (unpaired) electrons. The van der Waals surface area contributed by atoms with Crippen LogP contribution in [0.1, 0.15) is 5.56 Å². The number of carbonyl (C=O) groups is 1. The van der Waals surface area contributed by atoms with E-state index in [1.54, 1.807) is 4.90 Å². The highest BCUT2D eigenvalue weighted by molar-refractivity contribution is 7.89. The molecule has 4 rings (SSSR count). The van der Waals surface area contributed by atoms with Crippen LogP contribution in [-0.2, 0) is 21.0 Å². The van der Waals surface area contributed by atoms with Crippen molar-refractivity contribution in [1.29, 1.82) is 0 Å². The number of sulfonamides is 1. The number of anilines is 1. The van der Waals surface area contributed by atoms with Crippen LogP contribution in [0.3, 0.4) is 0 Å². The van der Waals surface area contributed by atoms with Crippen LogP contribution in [0.4, 0.5) is 18.3 Å². The van der Waals surface area contributed by atoms with Crippen LogP contribution in [0, 0.1) is 0 Å². The van der Waals surface area contributed by atoms with E-state index in [0.717, 1.165) is 16.4 Å². The van der Waals surface area contributed by atoms with Crippen molar-refractivity contribution in [3.05, 3.63) is 41.2 Å². The third-order valence-corrected chi connectivity index (χ3v) is 8.27. The third kappa shape index (κ3) is 4.10. The SMILES string of the molecule is O=C(O)[C@H]1CN(c2nc3cnnc(Cl)c3s2)CCN1S(=O)(=O)c1ccc(C(F)(F)F)cc1. The summed E-state index contributed by atoms with van der Waals surface area (Å²) in [6, 6.07) is 1.45. The predicted octanol–water partition coefficient (Wildman–Crippen LogP) is 2.72. The first-order valence-corrected chi connectivity index (χ1v) is 11.6. The molecule has 170 valence electrons. The molecule has 1 aromatic carbocycles. The summed E-state index contributed by atoms with van der Waals surface area (Å²) in [5, 5.41) is 17.7. The topological polar surface area (TPSA) is 117 Å². The molecule has 1 aliphatic heterocycles. The maximum Gasteiger partial charge on any atom is 0.416 e. The molecule has 9 nitrogen and oxygen atoms in total. The Morgan fingerprint density at radius 3 is 2.50 bits per heavy atom. The average Bonchev–Trinajstić information content (AvgIpc) is 3.18. The number of aliphatic carboxylic acids is 1. The van der Waals surface area contributed by atoms with Gasteiger partial charge >= 0.3 is 12.1 Å². The van der Waals surface area contributed by atoms with Gasteiger partial charge < -0.3 is 10.0 Å². The first-order chi connectivity index (χ1) is 15.0. The van der Waals surface area contributed by atoms with E-state index in [0.29, 0.717) is 27.5 Å². The fraction of sp³-hybridized carbons (Fsp3) is 0.294. The lowest BCUT2D eigenvalue weighted by atomic mass is 10.2. The lowest BCUT2D eigenvalue weighted by molar-refractivity contribution is -0.141. The quantitative estimate of drug-likeness (QED) is 0.573. The van der Waals surface area contributed by atoms with Gasteiger partial charge in [-0.05, 0) is 24.3 Å². The van der Waals surface area contributed by atoms with Crippen molar-refractivity contribution in [1.82, 2.24) is 19.5 Å². The zero-order valence-electron chi connectivity index (χ0n) is 15.8. The molecule has 0 aliphatic carbocycles. The number of halogens is 4. The zero-order valence-corrected chi connectivity index (χ0v) is 18.2. The van der Waals surface area contributed by atoms with Gasteiger partial charge in [0.05, 0.1) is 21.4 Å². The summed E-state index contributed by atoms with van der Waals surface area (Å²) in [4.78, 5) is 17.4. The normalized spacial score (nSPS) is 18.2. The Balaban J connectivity index is 1.61. The van der Waals surface area contributed by atoms with Gasteiger partial charge in [0, 0.05) is 19.6 Å². The third-order valence-electron chi connectivity index (χ3n) is 4.83. The number of carboxylic acids is 1. The van der Waals surface area contributed by atoms with Gasteiger partial charge in [0.25, 0.3) is 0 Å². The maximum atomic E-state index is 13.0. The molecule has 1 aliphatic rings. The largest absolute Gasteiger partial charge is 0.480 e. The van der Waals surface area contributed by atoms with Gasteiger partial charge in [-0.1, -0.05) is 22.9 Å². The number of aromatic nitrogens is 3. The fourth-order valence-electron chi connectivity index (χ4n) is 3.25. The number of benzene rings is 1. The maximum absolute atomic E-state index is 13.0. The molecule has 15 heteroatoms. The summed E-state index contributed by atoms with van der Waals surface area (Å²) >= 11 is 7.17. The highest BCUT2D eigenvalue weighted by Crippen LogP contribution is 2.34. The molecule has 3 heterocycles. The minimum absolute atomic E-state index is 0.113. The van der Waals surface area contributed by atoms with E-state index in [4.69, 9.17) is 11.6 Å². The molecule has 2 aromatic heterocycles. The van der Waals surface area contributed by atoms with E-state index in [2.05, 4.69) is 15.2 Å². The first kappa shape index (κ1) is 22.6. The lowest BCUT2D eigenvalue weighted by Crippen LogP contribution is -2.58. The van der Waals surface area contributed by atoms with E-state index in [-0.39, 0.29) is 24.8 Å². The number of thiazole rings is 1. The Hall–Kier alpha value is -2.55. The number of piperazine rings is 1. The molecule has 0 spiro atoms. The Kier molecular flexibility index (Phi) is 5.73. The van der Waals surface area contributed by atoms with Crippen LogP contribution in [-0.4, -0.2) is 64.7 Å². The number of hydrogen-bond donors (Lipinski definition) is 1. The predicted molar refractivity (Wildman–Crippen MR) is 109 cm³/mol. The molecule has 0 amide bonds. The van der Waals surface area contributed by atoms with Crippen LogP contribution in [0.2, 0.25) is 5.15 Å². The van der Waals surface area contributed by atoms with Gasteiger partial charge in [0.1, 0.15) is 11.6 Å². The summed E-state index contributed by atoms with van der Waals surface area (Å²) in [6.45, 7) is -0.310. The molecule has 1 N–H and O–H groups in total. The molecule has 0 unspecified atom stereocenters. The summed E-state index contributed by atoms with van der Waals surface area (Å²) < 4.78 is 65.7. The van der Waals surface area contributed by atoms with E-state index in [1.165, 1.54) is 17.5 Å². The van der Waals surface area contributed by atoms with Gasteiger partial charge in [-0.3, -0.25) is 4.79 Å². The smallest absolute Gasteiger partial charge is 0.416 e. The van der Waals surface area contributed by atoms with Crippen LogP contribution >= 0.6 is 22.9 Å². The number of alkyl halides is 3. The molecule has 1 atom stereocenters. The standard InChI is InChI=1S/C17H13ClF3N5O4S2/c18-14-13-11(7-22-24-14)23-16(31-13)25-5-6-26(12(8-25)15(27)28)32(29,30)10-3-1-9(2-4-10)17(19,20)21/h1-4,7,12H,5-6,8H2,(H,27,28)/t12-/m1/s1. The monoisotopic (exact) mass is 507 g/mol. The number of nitrogens with zero attached hydrogens (tertiary/aromatic N) is 5. The molecule has 1 fully saturated rings. The Bertz CT molecular complexity index is 1280. The van der Waals surface area contributed by atoms with Crippen molar-refractivity contribution >= 4 is 54.3 Å². The van der Waals surface area contributed by atoms with Gasteiger partial charge in [0.15, 0.2) is 10.3 Å². The molecule has 3 aromatic rings. The number of rotatable bonds is 4. The number of carboxylic acid groups (broad SMARTS) is 1. The van der Waals surface area contributed by atoms with Crippen molar-refractivity contribution in [2.75, 3.05) is 24.5 Å². The summed E-state index contributed by atoms with van der Waals surface area (Å²) in [5.74, 6) is -1.40. The van der Waals surface area contributed by atoms with E-state index in [1.807, 2.05) is 0 Å². The van der Waals surface area contributed by atoms with Gasteiger partial charge in [0.2, 0.25) is 10.0 Å². The first-order valence-electron chi connectivity index (χ1n) is 8.93. The van der Waals surface area contributed by atoms with E-state index < -0.39 is 38.7 Å². The second kappa shape index (κ2) is 8.10. The van der Waals surface area contributed by atoms with Gasteiger partial charge in [-0.2, -0.15) is 22.6 Å². The second-order valence-electron chi connectivity index (χ2n) is 6.78. The van der Waals surface area contributed by atoms with Crippen LogP contribution in [0.25, 0.3) is 10.2 Å². The van der Waals surface area contributed by atoms with Crippen molar-refractivity contribution < 1.29 is 31.5 Å². The average molecular weight is 508 g/mol. The lowest BCUT2D eigenvalue weighted by Gasteiger charge is -2.38. The number of fused-ring (bicyclic) bond motifs is 1.